The van der Waals surface area contributed by atoms with Gasteiger partial charge in [0.2, 0.25) is 5.91 Å². The number of benzene rings is 1. The molecular formula is C22H21N5O2. The molecule has 0 aliphatic carbocycles. The van der Waals surface area contributed by atoms with Crippen LogP contribution in [0.25, 0.3) is 0 Å². The summed E-state index contributed by atoms with van der Waals surface area (Å²) in [7, 11) is 0. The Morgan fingerprint density at radius 2 is 1.86 bits per heavy atom. The van der Waals surface area contributed by atoms with E-state index in [4.69, 9.17) is 0 Å². The Hall–Kier alpha value is -3.74. The summed E-state index contributed by atoms with van der Waals surface area (Å²) < 4.78 is 0. The molecule has 3 heterocycles. The minimum atomic E-state index is -0.360. The molecule has 1 unspecified atom stereocenters. The molecular weight excluding hydrogens is 366 g/mol. The molecule has 1 atom stereocenters. The van der Waals surface area contributed by atoms with E-state index in [1.807, 2.05) is 42.5 Å². The molecule has 1 aliphatic rings. The van der Waals surface area contributed by atoms with Crippen LogP contribution < -0.4 is 15.5 Å². The van der Waals surface area contributed by atoms with Gasteiger partial charge in [0, 0.05) is 55.8 Å². The van der Waals surface area contributed by atoms with Crippen molar-refractivity contribution in [3.8, 4) is 0 Å². The van der Waals surface area contributed by atoms with E-state index in [-0.39, 0.29) is 17.9 Å². The van der Waals surface area contributed by atoms with E-state index >= 15 is 0 Å². The van der Waals surface area contributed by atoms with Gasteiger partial charge in [-0.05, 0) is 29.3 Å². The zero-order valence-corrected chi connectivity index (χ0v) is 15.8. The highest BCUT2D eigenvalue weighted by molar-refractivity contribution is 5.97. The van der Waals surface area contributed by atoms with E-state index in [1.165, 1.54) is 0 Å². The molecule has 7 nitrogen and oxygen atoms in total. The smallest absolute Gasteiger partial charge is 0.320 e. The average molecular weight is 387 g/mol. The summed E-state index contributed by atoms with van der Waals surface area (Å²) in [5.41, 5.74) is 2.84. The summed E-state index contributed by atoms with van der Waals surface area (Å²) in [4.78, 5) is 34.6. The van der Waals surface area contributed by atoms with Crippen molar-refractivity contribution in [3.63, 3.8) is 0 Å². The number of carbonyl (C=O) groups excluding carboxylic acids is 2. The van der Waals surface area contributed by atoms with Crippen LogP contribution in [-0.4, -0.2) is 28.5 Å². The van der Waals surface area contributed by atoms with E-state index < -0.39 is 0 Å². The quantitative estimate of drug-likeness (QED) is 0.703. The summed E-state index contributed by atoms with van der Waals surface area (Å²) in [6.45, 7) is 0.998. The Bertz CT molecular complexity index is 994. The summed E-state index contributed by atoms with van der Waals surface area (Å²) in [6, 6.07) is 16.9. The third-order valence-corrected chi connectivity index (χ3v) is 4.90. The van der Waals surface area contributed by atoms with Crippen molar-refractivity contribution in [2.45, 2.75) is 18.9 Å². The van der Waals surface area contributed by atoms with Crippen LogP contribution in [0.3, 0.4) is 0 Å². The predicted molar refractivity (Wildman–Crippen MR) is 110 cm³/mol. The van der Waals surface area contributed by atoms with Gasteiger partial charge in [0.15, 0.2) is 0 Å². The Morgan fingerprint density at radius 1 is 1.07 bits per heavy atom. The zero-order valence-electron chi connectivity index (χ0n) is 15.8. The molecule has 2 N–H and O–H groups in total. The molecule has 1 aromatic carbocycles. The molecule has 4 rings (SSSR count). The highest BCUT2D eigenvalue weighted by Gasteiger charge is 2.31. The van der Waals surface area contributed by atoms with E-state index in [2.05, 4.69) is 20.6 Å². The lowest BCUT2D eigenvalue weighted by Gasteiger charge is -2.18. The number of anilines is 2. The second-order valence-corrected chi connectivity index (χ2v) is 6.88. The van der Waals surface area contributed by atoms with Crippen molar-refractivity contribution in [2.24, 2.45) is 0 Å². The Kier molecular flexibility index (Phi) is 5.47. The molecule has 1 fully saturated rings. The largest absolute Gasteiger partial charge is 0.334 e. The zero-order chi connectivity index (χ0) is 20.1. The van der Waals surface area contributed by atoms with Gasteiger partial charge in [-0.2, -0.15) is 0 Å². The molecule has 0 saturated carbocycles. The number of urea groups is 1. The first kappa shape index (κ1) is 18.6. The Labute approximate surface area is 168 Å². The first-order valence-corrected chi connectivity index (χ1v) is 9.44. The van der Waals surface area contributed by atoms with Gasteiger partial charge < -0.3 is 10.2 Å². The van der Waals surface area contributed by atoms with Crippen LogP contribution >= 0.6 is 0 Å². The molecule has 1 saturated heterocycles. The summed E-state index contributed by atoms with van der Waals surface area (Å²) >= 11 is 0. The highest BCUT2D eigenvalue weighted by Crippen LogP contribution is 2.32. The minimum absolute atomic E-state index is 0.0677. The third-order valence-electron chi connectivity index (χ3n) is 4.90. The lowest BCUT2D eigenvalue weighted by Crippen LogP contribution is -2.29. The van der Waals surface area contributed by atoms with Crippen LogP contribution in [-0.2, 0) is 11.3 Å². The number of nitrogens with zero attached hydrogens (tertiary/aromatic N) is 3. The lowest BCUT2D eigenvalue weighted by molar-refractivity contribution is -0.117. The third kappa shape index (κ3) is 4.57. The highest BCUT2D eigenvalue weighted by atomic mass is 16.2. The van der Waals surface area contributed by atoms with Crippen LogP contribution in [0.1, 0.15) is 23.5 Å². The molecule has 0 radical (unpaired) electrons. The van der Waals surface area contributed by atoms with Crippen LogP contribution in [0, 0.1) is 0 Å². The molecule has 146 valence electrons. The van der Waals surface area contributed by atoms with E-state index in [1.54, 1.807) is 35.6 Å². The fourth-order valence-electron chi connectivity index (χ4n) is 3.40. The van der Waals surface area contributed by atoms with Gasteiger partial charge in [-0.15, -0.1) is 0 Å². The van der Waals surface area contributed by atoms with E-state index in [0.29, 0.717) is 25.3 Å². The maximum absolute atomic E-state index is 12.6. The van der Waals surface area contributed by atoms with Crippen LogP contribution in [0.2, 0.25) is 0 Å². The first-order valence-electron chi connectivity index (χ1n) is 9.44. The van der Waals surface area contributed by atoms with Crippen molar-refractivity contribution >= 4 is 23.4 Å². The molecule has 3 aromatic rings. The standard InChI is InChI=1S/C22H21N5O2/c28-21-12-18(17-4-2-1-3-5-17)15-27(21)19-8-11-24-20(13-19)26-22(29)25-14-16-6-9-23-10-7-16/h1-11,13,18H,12,14-15H2,(H2,24,25,26,29). The topological polar surface area (TPSA) is 87.2 Å². The van der Waals surface area contributed by atoms with Crippen molar-refractivity contribution in [3.05, 3.63) is 84.3 Å². The molecule has 1 aliphatic heterocycles. The molecule has 0 spiro atoms. The second-order valence-electron chi connectivity index (χ2n) is 6.88. The van der Waals surface area contributed by atoms with Gasteiger partial charge in [0.25, 0.3) is 0 Å². The maximum Gasteiger partial charge on any atom is 0.320 e. The molecule has 2 aromatic heterocycles. The SMILES string of the molecule is O=C(NCc1ccncc1)Nc1cc(N2CC(c3ccccc3)CC2=O)ccn1. The Morgan fingerprint density at radius 3 is 2.66 bits per heavy atom. The lowest BCUT2D eigenvalue weighted by atomic mass is 9.99. The minimum Gasteiger partial charge on any atom is -0.334 e. The number of nitrogens with one attached hydrogen (secondary N) is 2. The van der Waals surface area contributed by atoms with Gasteiger partial charge in [0.05, 0.1) is 0 Å². The molecule has 29 heavy (non-hydrogen) atoms. The van der Waals surface area contributed by atoms with Crippen molar-refractivity contribution in [1.29, 1.82) is 0 Å². The molecule has 3 amide bonds. The van der Waals surface area contributed by atoms with Crippen LogP contribution in [0.15, 0.2) is 73.2 Å². The summed E-state index contributed by atoms with van der Waals surface area (Å²) in [6.07, 6.45) is 5.42. The number of hydrogen-bond acceptors (Lipinski definition) is 4. The number of hydrogen-bond donors (Lipinski definition) is 2. The number of rotatable bonds is 5. The van der Waals surface area contributed by atoms with Gasteiger partial charge in [0.1, 0.15) is 5.82 Å². The van der Waals surface area contributed by atoms with Crippen molar-refractivity contribution < 1.29 is 9.59 Å². The first-order chi connectivity index (χ1) is 14.2. The van der Waals surface area contributed by atoms with Crippen molar-refractivity contribution in [1.82, 2.24) is 15.3 Å². The normalized spacial score (nSPS) is 15.9. The molecule has 7 heteroatoms. The fraction of sp³-hybridized carbons (Fsp3) is 0.182. The van der Waals surface area contributed by atoms with Crippen LogP contribution in [0.5, 0.6) is 0 Å². The van der Waals surface area contributed by atoms with Gasteiger partial charge >= 0.3 is 6.03 Å². The van der Waals surface area contributed by atoms with Gasteiger partial charge in [-0.1, -0.05) is 30.3 Å². The monoisotopic (exact) mass is 387 g/mol. The molecule has 0 bridgehead atoms. The van der Waals surface area contributed by atoms with Crippen molar-refractivity contribution in [2.75, 3.05) is 16.8 Å². The fourth-order valence-corrected chi connectivity index (χ4v) is 3.40. The summed E-state index contributed by atoms with van der Waals surface area (Å²) in [5, 5.41) is 5.49. The predicted octanol–water partition coefficient (Wildman–Crippen LogP) is 3.32. The van der Waals surface area contributed by atoms with Crippen LogP contribution in [0.4, 0.5) is 16.3 Å². The van der Waals surface area contributed by atoms with E-state index in [9.17, 15) is 9.59 Å². The number of carbonyl (C=O) groups is 2. The van der Waals surface area contributed by atoms with E-state index in [0.717, 1.165) is 16.8 Å². The number of aromatic nitrogens is 2. The van der Waals surface area contributed by atoms with Gasteiger partial charge in [-0.25, -0.2) is 9.78 Å². The number of pyridine rings is 2. The summed E-state index contributed by atoms with van der Waals surface area (Å²) in [5.74, 6) is 0.626. The maximum atomic E-state index is 12.6. The van der Waals surface area contributed by atoms with Gasteiger partial charge in [-0.3, -0.25) is 15.1 Å². The Balaban J connectivity index is 1.39. The average Bonchev–Trinajstić information content (AvgIpc) is 3.15. The second kappa shape index (κ2) is 8.52. The number of amides is 3.